The molecule has 0 aliphatic heterocycles. The van der Waals surface area contributed by atoms with E-state index in [2.05, 4.69) is 0 Å². The first-order chi connectivity index (χ1) is 2.64. The summed E-state index contributed by atoms with van der Waals surface area (Å²) in [7, 11) is 0. The molecule has 0 aliphatic carbocycles. The zero-order chi connectivity index (χ0) is 5.15. The van der Waals surface area contributed by atoms with Crippen LogP contribution < -0.4 is 0 Å². The lowest BCUT2D eigenvalue weighted by atomic mass is 10.5. The van der Waals surface area contributed by atoms with E-state index in [0.717, 1.165) is 0 Å². The second kappa shape index (κ2) is 1.76. The molecule has 2 heteroatoms. The molecule has 1 N–H and O–H groups in total. The molecule has 0 saturated heterocycles. The van der Waals surface area contributed by atoms with Gasteiger partial charge >= 0.3 is 5.97 Å². The Labute approximate surface area is 31.8 Å². The summed E-state index contributed by atoms with van der Waals surface area (Å²) < 4.78 is 6.43. The average Bonchev–Trinajstić information content (AvgIpc) is 1.36. The van der Waals surface area contributed by atoms with Crippen molar-refractivity contribution in [2.45, 2.75) is 13.3 Å². The minimum atomic E-state index is -1.07. The number of carbonyl (C=O) groups is 1. The summed E-state index contributed by atoms with van der Waals surface area (Å²) in [6.07, 6.45) is -0.981. The highest BCUT2D eigenvalue weighted by atomic mass is 16.4. The van der Waals surface area contributed by atoms with Crippen molar-refractivity contribution in [2.75, 3.05) is 0 Å². The summed E-state index contributed by atoms with van der Waals surface area (Å²) in [6, 6.07) is 0. The van der Waals surface area contributed by atoms with Gasteiger partial charge in [0.2, 0.25) is 0 Å². The van der Waals surface area contributed by atoms with E-state index in [1.165, 1.54) is 6.92 Å². The van der Waals surface area contributed by atoms with Crippen LogP contribution in [0.15, 0.2) is 0 Å². The Bertz CT molecular complexity index is 59.8. The summed E-state index contributed by atoms with van der Waals surface area (Å²) in [5.41, 5.74) is 0. The van der Waals surface area contributed by atoms with Gasteiger partial charge in [-0.1, -0.05) is 6.92 Å². The Hall–Kier alpha value is -0.530. The van der Waals surface area contributed by atoms with Gasteiger partial charge in [0.1, 0.15) is 0 Å². The van der Waals surface area contributed by atoms with Crippen LogP contribution >= 0.6 is 0 Å². The van der Waals surface area contributed by atoms with Gasteiger partial charge in [-0.3, -0.25) is 4.79 Å². The van der Waals surface area contributed by atoms with Crippen molar-refractivity contribution in [2.24, 2.45) is 0 Å². The summed E-state index contributed by atoms with van der Waals surface area (Å²) in [5.74, 6) is -1.07. The smallest absolute Gasteiger partial charge is 0.303 e. The number of rotatable bonds is 1. The molecule has 0 fully saturated rings. The monoisotopic (exact) mass is 75.0 g/mol. The van der Waals surface area contributed by atoms with Crippen molar-refractivity contribution in [3.8, 4) is 0 Å². The molecule has 2 nitrogen and oxygen atoms in total. The number of aliphatic carboxylic acids is 1. The summed E-state index contributed by atoms with van der Waals surface area (Å²) in [6.45, 7) is 1.31. The van der Waals surface area contributed by atoms with Crippen molar-refractivity contribution in [1.82, 2.24) is 0 Å². The molecule has 0 rings (SSSR count). The molecule has 0 aromatic carbocycles. The molecule has 0 radical (unpaired) electrons. The minimum Gasteiger partial charge on any atom is -0.481 e. The first-order valence-corrected chi connectivity index (χ1v) is 1.29. The van der Waals surface area contributed by atoms with Gasteiger partial charge < -0.3 is 5.11 Å². The van der Waals surface area contributed by atoms with Crippen LogP contribution in [0.5, 0.6) is 0 Å². The summed E-state index contributed by atoms with van der Waals surface area (Å²) in [5, 5.41) is 7.80. The van der Waals surface area contributed by atoms with Gasteiger partial charge in [0.05, 0.1) is 0 Å². The predicted molar refractivity (Wildman–Crippen MR) is 17.9 cm³/mol. The highest BCUT2D eigenvalue weighted by molar-refractivity contribution is 5.66. The van der Waals surface area contributed by atoms with Gasteiger partial charge in [-0.2, -0.15) is 0 Å². The normalized spacial score (nSPS) is 16.6. The van der Waals surface area contributed by atoms with E-state index >= 15 is 0 Å². The maximum atomic E-state index is 9.51. The van der Waals surface area contributed by atoms with Gasteiger partial charge in [-0.25, -0.2) is 0 Å². The SMILES string of the molecule is [2H][C@H](C)C(=O)O. The first-order valence-electron chi connectivity index (χ1n) is 1.87. The molecule has 0 aromatic rings. The number of carboxylic acid groups (broad SMARTS) is 1. The van der Waals surface area contributed by atoms with Crippen LogP contribution in [0.1, 0.15) is 14.7 Å². The van der Waals surface area contributed by atoms with Gasteiger partial charge in [0, 0.05) is 7.77 Å². The largest absolute Gasteiger partial charge is 0.481 e. The first kappa shape index (κ1) is 2.69. The molecule has 5 heavy (non-hydrogen) atoms. The Balaban J connectivity index is 3.26. The van der Waals surface area contributed by atoms with E-state index < -0.39 is 12.4 Å². The average molecular weight is 75.1 g/mol. The van der Waals surface area contributed by atoms with Crippen LogP contribution in [0, 0.1) is 0 Å². The lowest BCUT2D eigenvalue weighted by molar-refractivity contribution is -0.136. The fourth-order valence-electron chi connectivity index (χ4n) is 0. The third-order valence-electron chi connectivity index (χ3n) is 0.247. The van der Waals surface area contributed by atoms with E-state index in [1.807, 2.05) is 0 Å². The molecular formula is C3H6O2. The summed E-state index contributed by atoms with van der Waals surface area (Å²) >= 11 is 0. The Morgan fingerprint density at radius 3 is 2.60 bits per heavy atom. The van der Waals surface area contributed by atoms with Crippen LogP contribution in [0.2, 0.25) is 0 Å². The van der Waals surface area contributed by atoms with Crippen molar-refractivity contribution in [1.29, 1.82) is 0 Å². The van der Waals surface area contributed by atoms with E-state index in [9.17, 15) is 4.79 Å². The topological polar surface area (TPSA) is 37.3 Å². The highest BCUT2D eigenvalue weighted by Gasteiger charge is 1.80. The second-order valence-corrected chi connectivity index (χ2v) is 0.627. The van der Waals surface area contributed by atoms with Crippen molar-refractivity contribution in [3.05, 3.63) is 0 Å². The van der Waals surface area contributed by atoms with Crippen molar-refractivity contribution < 1.29 is 11.3 Å². The molecule has 0 spiro atoms. The Kier molecular flexibility index (Phi) is 0.947. The lowest BCUT2D eigenvalue weighted by Crippen LogP contribution is -1.86. The van der Waals surface area contributed by atoms with Crippen molar-refractivity contribution >= 4 is 5.97 Å². The number of carboxylic acids is 1. The van der Waals surface area contributed by atoms with Gasteiger partial charge in [0.25, 0.3) is 0 Å². The maximum absolute atomic E-state index is 9.51. The molecule has 0 heterocycles. The molecule has 1 atom stereocenters. The molecule has 0 aromatic heterocycles. The van der Waals surface area contributed by atoms with E-state index in [4.69, 9.17) is 6.48 Å². The third kappa shape index (κ3) is 3.47. The maximum Gasteiger partial charge on any atom is 0.303 e. The molecule has 0 amide bonds. The van der Waals surface area contributed by atoms with Crippen LogP contribution in [0.25, 0.3) is 0 Å². The standard InChI is InChI=1S/C3H6O2/c1-2-3(4)5/h2H2,1H3,(H,4,5)/i2D/t2-/m1/s1. The molecular weight excluding hydrogens is 68.0 g/mol. The Morgan fingerprint density at radius 1 is 2.40 bits per heavy atom. The van der Waals surface area contributed by atoms with Gasteiger partial charge in [-0.15, -0.1) is 0 Å². The van der Waals surface area contributed by atoms with E-state index in [0.29, 0.717) is 0 Å². The highest BCUT2D eigenvalue weighted by Crippen LogP contribution is 1.67. The third-order valence-corrected chi connectivity index (χ3v) is 0.247. The minimum absolute atomic E-state index is 0.981. The lowest BCUT2D eigenvalue weighted by Gasteiger charge is -1.71. The van der Waals surface area contributed by atoms with Gasteiger partial charge in [0.15, 0.2) is 0 Å². The van der Waals surface area contributed by atoms with Crippen molar-refractivity contribution in [3.63, 3.8) is 0 Å². The summed E-state index contributed by atoms with van der Waals surface area (Å²) in [4.78, 5) is 9.51. The van der Waals surface area contributed by atoms with E-state index in [-0.39, 0.29) is 0 Å². The fourth-order valence-corrected chi connectivity index (χ4v) is 0. The molecule has 30 valence electrons. The van der Waals surface area contributed by atoms with Gasteiger partial charge in [-0.05, 0) is 0 Å². The Morgan fingerprint density at radius 2 is 2.60 bits per heavy atom. The molecule has 0 bridgehead atoms. The second-order valence-electron chi connectivity index (χ2n) is 0.627. The quantitative estimate of drug-likeness (QED) is 0.492. The molecule has 0 unspecified atom stereocenters. The van der Waals surface area contributed by atoms with Crippen LogP contribution in [0.4, 0.5) is 0 Å². The van der Waals surface area contributed by atoms with Crippen LogP contribution in [-0.2, 0) is 4.79 Å². The number of hydrogen-bond donors (Lipinski definition) is 1. The zero-order valence-electron chi connectivity index (χ0n) is 3.93. The van der Waals surface area contributed by atoms with Crippen LogP contribution in [-0.4, -0.2) is 11.1 Å². The number of hydrogen-bond acceptors (Lipinski definition) is 1. The predicted octanol–water partition coefficient (Wildman–Crippen LogP) is 0.481. The zero-order valence-corrected chi connectivity index (χ0v) is 2.93. The molecule has 0 saturated carbocycles. The molecule has 0 aliphatic rings. The fraction of sp³-hybridized carbons (Fsp3) is 0.667. The van der Waals surface area contributed by atoms with E-state index in [1.54, 1.807) is 0 Å². The van der Waals surface area contributed by atoms with Crippen LogP contribution in [0.3, 0.4) is 0 Å².